The Morgan fingerprint density at radius 3 is 2.42 bits per heavy atom. The average Bonchev–Trinajstić information content (AvgIpc) is 1.95. The van der Waals surface area contributed by atoms with Gasteiger partial charge < -0.3 is 0 Å². The Kier molecular flexibility index (Phi) is 5.17. The molecule has 0 bridgehead atoms. The first-order valence-corrected chi connectivity index (χ1v) is 5.75. The molecule has 0 saturated heterocycles. The topological polar surface area (TPSA) is 60.2 Å². The first kappa shape index (κ1) is 11.6. The van der Waals surface area contributed by atoms with Crippen LogP contribution in [0.4, 0.5) is 0 Å². The van der Waals surface area contributed by atoms with Crippen molar-refractivity contribution >= 4 is 10.0 Å². The standard InChI is InChI=1S/C8H17NO2S/c1-3-5-7-8(6-4-2)12(9,10)11/h3,8H,1,4-7H2,2H3,(H2,9,10,11)/t8-/m1/s1. The van der Waals surface area contributed by atoms with Crippen molar-refractivity contribution in [1.29, 1.82) is 0 Å². The number of hydrogen-bond donors (Lipinski definition) is 1. The maximum atomic E-state index is 11.0. The number of hydrogen-bond acceptors (Lipinski definition) is 2. The van der Waals surface area contributed by atoms with Crippen LogP contribution in [0.5, 0.6) is 0 Å². The molecule has 72 valence electrons. The van der Waals surface area contributed by atoms with Crippen molar-refractivity contribution in [3.63, 3.8) is 0 Å². The fraction of sp³-hybridized carbons (Fsp3) is 0.750. The van der Waals surface area contributed by atoms with Crippen molar-refractivity contribution in [3.8, 4) is 0 Å². The zero-order valence-corrected chi connectivity index (χ0v) is 8.31. The van der Waals surface area contributed by atoms with E-state index in [2.05, 4.69) is 6.58 Å². The van der Waals surface area contributed by atoms with E-state index in [4.69, 9.17) is 5.14 Å². The van der Waals surface area contributed by atoms with Gasteiger partial charge in [0.2, 0.25) is 10.0 Å². The predicted molar refractivity (Wildman–Crippen MR) is 51.2 cm³/mol. The van der Waals surface area contributed by atoms with Gasteiger partial charge in [-0.05, 0) is 19.3 Å². The van der Waals surface area contributed by atoms with Gasteiger partial charge in [-0.3, -0.25) is 0 Å². The molecule has 1 atom stereocenters. The summed E-state index contributed by atoms with van der Waals surface area (Å²) in [6, 6.07) is 0. The van der Waals surface area contributed by atoms with Crippen LogP contribution in [-0.2, 0) is 10.0 Å². The fourth-order valence-electron chi connectivity index (χ4n) is 1.10. The minimum absolute atomic E-state index is 0.388. The van der Waals surface area contributed by atoms with Gasteiger partial charge in [-0.25, -0.2) is 13.6 Å². The lowest BCUT2D eigenvalue weighted by Gasteiger charge is -2.11. The van der Waals surface area contributed by atoms with E-state index in [-0.39, 0.29) is 5.25 Å². The second kappa shape index (κ2) is 5.32. The van der Waals surface area contributed by atoms with Gasteiger partial charge in [-0.2, -0.15) is 0 Å². The average molecular weight is 191 g/mol. The lowest BCUT2D eigenvalue weighted by molar-refractivity contribution is 0.560. The van der Waals surface area contributed by atoms with Crippen LogP contribution in [0.2, 0.25) is 0 Å². The van der Waals surface area contributed by atoms with E-state index in [1.807, 2.05) is 6.92 Å². The zero-order chi connectivity index (χ0) is 9.61. The van der Waals surface area contributed by atoms with Gasteiger partial charge in [0.1, 0.15) is 0 Å². The summed E-state index contributed by atoms with van der Waals surface area (Å²) in [4.78, 5) is 0. The molecule has 3 nitrogen and oxygen atoms in total. The molecule has 0 aliphatic heterocycles. The van der Waals surface area contributed by atoms with Crippen LogP contribution < -0.4 is 5.14 Å². The first-order valence-electron chi connectivity index (χ1n) is 4.14. The van der Waals surface area contributed by atoms with Gasteiger partial charge in [0.15, 0.2) is 0 Å². The highest BCUT2D eigenvalue weighted by molar-refractivity contribution is 7.89. The minimum Gasteiger partial charge on any atom is -0.228 e. The highest BCUT2D eigenvalue weighted by atomic mass is 32.2. The number of rotatable bonds is 6. The molecule has 0 rings (SSSR count). The Balaban J connectivity index is 4.13. The second-order valence-corrected chi connectivity index (χ2v) is 4.71. The summed E-state index contributed by atoms with van der Waals surface area (Å²) in [6.07, 6.45) is 4.51. The molecule has 0 saturated carbocycles. The summed E-state index contributed by atoms with van der Waals surface area (Å²) in [5, 5.41) is 4.66. The number of allylic oxidation sites excluding steroid dienone is 1. The van der Waals surface area contributed by atoms with Crippen LogP contribution >= 0.6 is 0 Å². The monoisotopic (exact) mass is 191 g/mol. The van der Waals surface area contributed by atoms with Gasteiger partial charge in [-0.1, -0.05) is 19.4 Å². The smallest absolute Gasteiger partial charge is 0.211 e. The van der Waals surface area contributed by atoms with Gasteiger partial charge in [0.25, 0.3) is 0 Å². The summed E-state index contributed by atoms with van der Waals surface area (Å²) in [7, 11) is -3.35. The lowest BCUT2D eigenvalue weighted by atomic mass is 10.1. The molecular formula is C8H17NO2S. The Morgan fingerprint density at radius 1 is 1.50 bits per heavy atom. The molecule has 0 fully saturated rings. The van der Waals surface area contributed by atoms with E-state index in [9.17, 15) is 8.42 Å². The molecule has 0 spiro atoms. The summed E-state index contributed by atoms with van der Waals surface area (Å²) >= 11 is 0. The molecule has 0 aliphatic carbocycles. The summed E-state index contributed by atoms with van der Waals surface area (Å²) < 4.78 is 21.9. The molecule has 0 aliphatic rings. The van der Waals surface area contributed by atoms with Gasteiger partial charge in [-0.15, -0.1) is 6.58 Å². The number of nitrogens with two attached hydrogens (primary N) is 1. The third-order valence-corrected chi connectivity index (χ3v) is 3.17. The molecule has 0 unspecified atom stereocenters. The Labute approximate surface area is 74.7 Å². The summed E-state index contributed by atoms with van der Waals surface area (Å²) in [6.45, 7) is 5.49. The van der Waals surface area contributed by atoms with Crippen molar-refractivity contribution < 1.29 is 8.42 Å². The number of primary sulfonamides is 1. The predicted octanol–water partition coefficient (Wildman–Crippen LogP) is 1.41. The van der Waals surface area contributed by atoms with Crippen LogP contribution in [0.1, 0.15) is 32.6 Å². The molecule has 0 aromatic heterocycles. The van der Waals surface area contributed by atoms with Crippen LogP contribution in [0, 0.1) is 0 Å². The van der Waals surface area contributed by atoms with Crippen molar-refractivity contribution in [2.24, 2.45) is 5.14 Å². The van der Waals surface area contributed by atoms with Crippen LogP contribution in [0.15, 0.2) is 12.7 Å². The van der Waals surface area contributed by atoms with Crippen molar-refractivity contribution in [3.05, 3.63) is 12.7 Å². The van der Waals surface area contributed by atoms with Crippen LogP contribution in [0.25, 0.3) is 0 Å². The SMILES string of the molecule is C=CCC[C@@H](CCC)S(N)(=O)=O. The molecule has 0 heterocycles. The van der Waals surface area contributed by atoms with E-state index in [1.165, 1.54) is 0 Å². The van der Waals surface area contributed by atoms with Gasteiger partial charge in [0.05, 0.1) is 5.25 Å². The van der Waals surface area contributed by atoms with E-state index >= 15 is 0 Å². The lowest BCUT2D eigenvalue weighted by Crippen LogP contribution is -2.28. The zero-order valence-electron chi connectivity index (χ0n) is 7.49. The third kappa shape index (κ3) is 4.51. The molecular weight excluding hydrogens is 174 g/mol. The normalized spacial score (nSPS) is 14.2. The van der Waals surface area contributed by atoms with Crippen molar-refractivity contribution in [1.82, 2.24) is 0 Å². The second-order valence-electron chi connectivity index (χ2n) is 2.87. The minimum atomic E-state index is -3.35. The summed E-state index contributed by atoms with van der Waals surface area (Å²) in [5.41, 5.74) is 0. The fourth-order valence-corrected chi connectivity index (χ4v) is 2.13. The third-order valence-electron chi connectivity index (χ3n) is 1.77. The molecule has 0 aromatic carbocycles. The summed E-state index contributed by atoms with van der Waals surface area (Å²) in [5.74, 6) is 0. The number of sulfonamides is 1. The molecule has 0 aromatic rings. The van der Waals surface area contributed by atoms with Crippen molar-refractivity contribution in [2.45, 2.75) is 37.9 Å². The molecule has 12 heavy (non-hydrogen) atoms. The van der Waals surface area contributed by atoms with Crippen molar-refractivity contribution in [2.75, 3.05) is 0 Å². The molecule has 0 radical (unpaired) electrons. The Bertz CT molecular complexity index is 221. The van der Waals surface area contributed by atoms with E-state index in [0.717, 1.165) is 6.42 Å². The van der Waals surface area contributed by atoms with E-state index in [0.29, 0.717) is 19.3 Å². The van der Waals surface area contributed by atoms with E-state index < -0.39 is 10.0 Å². The highest BCUT2D eigenvalue weighted by Gasteiger charge is 2.18. The van der Waals surface area contributed by atoms with Crippen LogP contribution in [0.3, 0.4) is 0 Å². The van der Waals surface area contributed by atoms with Crippen LogP contribution in [-0.4, -0.2) is 13.7 Å². The molecule has 4 heteroatoms. The van der Waals surface area contributed by atoms with Gasteiger partial charge >= 0.3 is 0 Å². The maximum absolute atomic E-state index is 11.0. The maximum Gasteiger partial charge on any atom is 0.211 e. The molecule has 0 amide bonds. The first-order chi connectivity index (χ1) is 5.52. The van der Waals surface area contributed by atoms with E-state index in [1.54, 1.807) is 6.08 Å². The highest BCUT2D eigenvalue weighted by Crippen LogP contribution is 2.11. The Morgan fingerprint density at radius 2 is 2.08 bits per heavy atom. The quantitative estimate of drug-likeness (QED) is 0.645. The van der Waals surface area contributed by atoms with Gasteiger partial charge in [0, 0.05) is 0 Å². The molecule has 2 N–H and O–H groups in total. The Hall–Kier alpha value is -0.350. The largest absolute Gasteiger partial charge is 0.228 e.